The molecule has 3 heterocycles. The number of aromatic nitrogens is 2. The first-order valence-corrected chi connectivity index (χ1v) is 10.2. The summed E-state index contributed by atoms with van der Waals surface area (Å²) in [5.74, 6) is 1.06. The number of likely N-dealkylation sites (tertiary alicyclic amines) is 1. The highest BCUT2D eigenvalue weighted by Gasteiger charge is 2.21. The number of nitrogens with zero attached hydrogens (tertiary/aromatic N) is 3. The molecule has 1 N–H and O–H groups in total. The Bertz CT molecular complexity index is 1050. The van der Waals surface area contributed by atoms with Crippen LogP contribution in [0.5, 0.6) is 0 Å². The Morgan fingerprint density at radius 1 is 1.10 bits per heavy atom. The molecule has 1 aliphatic rings. The fourth-order valence-electron chi connectivity index (χ4n) is 3.80. The smallest absolute Gasteiger partial charge is 0.276 e. The lowest BCUT2D eigenvalue weighted by molar-refractivity contribution is 0.0792. The van der Waals surface area contributed by atoms with E-state index in [1.807, 2.05) is 33.7 Å². The van der Waals surface area contributed by atoms with Gasteiger partial charge in [-0.3, -0.25) is 9.59 Å². The summed E-state index contributed by atoms with van der Waals surface area (Å²) in [5, 5.41) is 2.92. The number of rotatable bonds is 5. The van der Waals surface area contributed by atoms with E-state index in [9.17, 15) is 9.59 Å². The van der Waals surface area contributed by atoms with Gasteiger partial charge in [-0.25, -0.2) is 4.98 Å². The van der Waals surface area contributed by atoms with Gasteiger partial charge in [0.2, 0.25) is 0 Å². The number of fused-ring (bicyclic) bond motifs is 1. The van der Waals surface area contributed by atoms with Crippen molar-refractivity contribution in [1.82, 2.24) is 14.3 Å². The molecule has 0 atom stereocenters. The lowest BCUT2D eigenvalue weighted by atomic mass is 10.1. The molecule has 1 aliphatic heterocycles. The van der Waals surface area contributed by atoms with E-state index in [2.05, 4.69) is 24.1 Å². The minimum Gasteiger partial charge on any atom is -0.339 e. The van der Waals surface area contributed by atoms with Crippen molar-refractivity contribution in [1.29, 1.82) is 0 Å². The molecule has 150 valence electrons. The standard InChI is InChI=1S/C23H26N4O2/c1-16(2)14-20-25-21(19-10-3-4-13-27(19)20)22(28)24-18-9-7-8-17(15-18)23(29)26-11-5-6-12-26/h3-4,7-10,13,15-16H,5-6,11-12,14H2,1-2H3,(H,24,28). The normalized spacial score (nSPS) is 14.0. The first kappa shape index (κ1) is 19.2. The third-order valence-electron chi connectivity index (χ3n) is 5.19. The van der Waals surface area contributed by atoms with Crippen LogP contribution in [-0.4, -0.2) is 39.2 Å². The number of pyridine rings is 1. The zero-order valence-corrected chi connectivity index (χ0v) is 16.9. The second-order valence-corrected chi connectivity index (χ2v) is 7.96. The molecule has 4 rings (SSSR count). The number of nitrogens with one attached hydrogen (secondary N) is 1. The van der Waals surface area contributed by atoms with Crippen LogP contribution < -0.4 is 5.32 Å². The van der Waals surface area contributed by atoms with E-state index in [0.717, 1.165) is 43.7 Å². The van der Waals surface area contributed by atoms with Crippen LogP contribution in [0.4, 0.5) is 5.69 Å². The Labute approximate surface area is 170 Å². The van der Waals surface area contributed by atoms with E-state index < -0.39 is 0 Å². The molecule has 0 unspecified atom stereocenters. The van der Waals surface area contributed by atoms with Gasteiger partial charge in [0, 0.05) is 37.0 Å². The summed E-state index contributed by atoms with van der Waals surface area (Å²) >= 11 is 0. The zero-order chi connectivity index (χ0) is 20.4. The topological polar surface area (TPSA) is 66.7 Å². The molecule has 0 radical (unpaired) electrons. The molecule has 0 bridgehead atoms. The van der Waals surface area contributed by atoms with Crippen LogP contribution in [0.25, 0.3) is 5.52 Å². The van der Waals surface area contributed by atoms with Crippen molar-refractivity contribution in [2.75, 3.05) is 18.4 Å². The van der Waals surface area contributed by atoms with Crippen LogP contribution in [0.2, 0.25) is 0 Å². The van der Waals surface area contributed by atoms with Gasteiger partial charge in [0.1, 0.15) is 5.82 Å². The Hall–Kier alpha value is -3.15. The van der Waals surface area contributed by atoms with Crippen LogP contribution in [0.3, 0.4) is 0 Å². The predicted octanol–water partition coefficient (Wildman–Crippen LogP) is 4.02. The van der Waals surface area contributed by atoms with Crippen molar-refractivity contribution in [2.45, 2.75) is 33.1 Å². The summed E-state index contributed by atoms with van der Waals surface area (Å²) < 4.78 is 1.97. The zero-order valence-electron chi connectivity index (χ0n) is 16.9. The molecule has 2 aromatic heterocycles. The SMILES string of the molecule is CC(C)Cc1nc(C(=O)Nc2cccc(C(=O)N3CCCC3)c2)c2ccccn12. The van der Waals surface area contributed by atoms with E-state index in [1.165, 1.54) is 0 Å². The average Bonchev–Trinajstić information content (AvgIpc) is 3.36. The van der Waals surface area contributed by atoms with Gasteiger partial charge in [0.15, 0.2) is 5.69 Å². The lowest BCUT2D eigenvalue weighted by Gasteiger charge is -2.15. The highest BCUT2D eigenvalue weighted by molar-refractivity contribution is 6.08. The third-order valence-corrected chi connectivity index (χ3v) is 5.19. The van der Waals surface area contributed by atoms with Crippen LogP contribution in [-0.2, 0) is 6.42 Å². The molecule has 0 aliphatic carbocycles. The van der Waals surface area contributed by atoms with Gasteiger partial charge in [-0.05, 0) is 49.1 Å². The second kappa shape index (κ2) is 8.07. The maximum atomic E-state index is 13.0. The molecule has 2 amide bonds. The first-order chi connectivity index (χ1) is 14.0. The minimum absolute atomic E-state index is 0.0188. The predicted molar refractivity (Wildman–Crippen MR) is 113 cm³/mol. The number of anilines is 1. The highest BCUT2D eigenvalue weighted by atomic mass is 16.2. The van der Waals surface area contributed by atoms with Crippen molar-refractivity contribution in [3.05, 3.63) is 65.7 Å². The Morgan fingerprint density at radius 3 is 2.66 bits per heavy atom. The summed E-state index contributed by atoms with van der Waals surface area (Å²) in [6.45, 7) is 5.86. The van der Waals surface area contributed by atoms with Crippen molar-refractivity contribution in [3.63, 3.8) is 0 Å². The van der Waals surface area contributed by atoms with Gasteiger partial charge in [0.25, 0.3) is 11.8 Å². The second-order valence-electron chi connectivity index (χ2n) is 7.96. The van der Waals surface area contributed by atoms with E-state index in [-0.39, 0.29) is 11.8 Å². The molecular weight excluding hydrogens is 364 g/mol. The number of benzene rings is 1. The number of carbonyl (C=O) groups excluding carboxylic acids is 2. The maximum Gasteiger partial charge on any atom is 0.276 e. The van der Waals surface area contributed by atoms with Crippen molar-refractivity contribution < 1.29 is 9.59 Å². The quantitative estimate of drug-likeness (QED) is 0.715. The summed E-state index contributed by atoms with van der Waals surface area (Å²) in [4.78, 5) is 32.1. The largest absolute Gasteiger partial charge is 0.339 e. The molecule has 3 aromatic rings. The maximum absolute atomic E-state index is 13.0. The van der Waals surface area contributed by atoms with Crippen LogP contribution in [0.15, 0.2) is 48.7 Å². The van der Waals surface area contributed by atoms with Crippen molar-refractivity contribution in [2.24, 2.45) is 5.92 Å². The fraction of sp³-hybridized carbons (Fsp3) is 0.348. The minimum atomic E-state index is -0.269. The van der Waals surface area contributed by atoms with Crippen molar-refractivity contribution in [3.8, 4) is 0 Å². The van der Waals surface area contributed by atoms with E-state index >= 15 is 0 Å². The highest BCUT2D eigenvalue weighted by Crippen LogP contribution is 2.20. The van der Waals surface area contributed by atoms with E-state index in [4.69, 9.17) is 0 Å². The molecule has 1 fully saturated rings. The summed E-state index contributed by atoms with van der Waals surface area (Å²) in [6.07, 6.45) is 4.83. The van der Waals surface area contributed by atoms with Crippen LogP contribution in [0, 0.1) is 5.92 Å². The van der Waals surface area contributed by atoms with E-state index in [1.54, 1.807) is 24.3 Å². The van der Waals surface area contributed by atoms with Gasteiger partial charge in [0.05, 0.1) is 5.52 Å². The summed E-state index contributed by atoms with van der Waals surface area (Å²) in [7, 11) is 0. The number of imidazole rings is 1. The lowest BCUT2D eigenvalue weighted by Crippen LogP contribution is -2.27. The number of carbonyl (C=O) groups is 2. The molecule has 1 aromatic carbocycles. The van der Waals surface area contributed by atoms with E-state index in [0.29, 0.717) is 22.9 Å². The molecule has 29 heavy (non-hydrogen) atoms. The van der Waals surface area contributed by atoms with Gasteiger partial charge >= 0.3 is 0 Å². The number of amides is 2. The molecule has 0 spiro atoms. The van der Waals surface area contributed by atoms with Gasteiger partial charge in [-0.1, -0.05) is 26.0 Å². The Kier molecular flexibility index (Phi) is 5.34. The average molecular weight is 390 g/mol. The molecular formula is C23H26N4O2. The Balaban J connectivity index is 1.58. The summed E-state index contributed by atoms with van der Waals surface area (Å²) in [5.41, 5.74) is 2.38. The van der Waals surface area contributed by atoms with Gasteiger partial charge in [-0.2, -0.15) is 0 Å². The molecule has 6 heteroatoms. The summed E-state index contributed by atoms with van der Waals surface area (Å²) in [6, 6.07) is 12.9. The number of hydrogen-bond donors (Lipinski definition) is 1. The molecule has 6 nitrogen and oxygen atoms in total. The monoisotopic (exact) mass is 390 g/mol. The third kappa shape index (κ3) is 4.01. The Morgan fingerprint density at radius 2 is 1.90 bits per heavy atom. The van der Waals surface area contributed by atoms with Crippen LogP contribution >= 0.6 is 0 Å². The van der Waals surface area contributed by atoms with Gasteiger partial charge in [-0.15, -0.1) is 0 Å². The molecule has 1 saturated heterocycles. The fourth-order valence-corrected chi connectivity index (χ4v) is 3.80. The van der Waals surface area contributed by atoms with Crippen LogP contribution in [0.1, 0.15) is 53.4 Å². The van der Waals surface area contributed by atoms with Gasteiger partial charge < -0.3 is 14.6 Å². The number of hydrogen-bond acceptors (Lipinski definition) is 3. The molecule has 0 saturated carbocycles. The first-order valence-electron chi connectivity index (χ1n) is 10.2. The van der Waals surface area contributed by atoms with Crippen molar-refractivity contribution >= 4 is 23.0 Å².